The summed E-state index contributed by atoms with van der Waals surface area (Å²) >= 11 is 0. The number of nitrogens with one attached hydrogen (secondary N) is 2. The number of para-hydroxylation sites is 2. The first-order valence-corrected chi connectivity index (χ1v) is 9.82. The maximum atomic E-state index is 3.62. The standard InChI is InChI=1S/C26H24N2/c1-17-24(20-13-7-9-15-22(20)27-17)26(3,19-11-5-4-6-12-19)25-18(2)28-23-16-10-8-14-21(23)25/h4-16,27-28H,1-3H3. The highest BCUT2D eigenvalue weighted by Gasteiger charge is 2.38. The number of aromatic nitrogens is 2. The van der Waals surface area contributed by atoms with Crippen LogP contribution in [0.3, 0.4) is 0 Å². The van der Waals surface area contributed by atoms with Crippen molar-refractivity contribution in [2.45, 2.75) is 26.2 Å². The lowest BCUT2D eigenvalue weighted by Gasteiger charge is -2.32. The molecule has 2 N–H and O–H groups in total. The molecule has 2 aromatic heterocycles. The maximum absolute atomic E-state index is 3.62. The van der Waals surface area contributed by atoms with E-state index in [1.807, 2.05) is 0 Å². The lowest BCUT2D eigenvalue weighted by molar-refractivity contribution is 0.693. The Kier molecular flexibility index (Phi) is 3.70. The number of aromatic amines is 2. The number of hydrogen-bond acceptors (Lipinski definition) is 0. The van der Waals surface area contributed by atoms with E-state index in [0.717, 1.165) is 0 Å². The summed E-state index contributed by atoms with van der Waals surface area (Å²) in [6, 6.07) is 28.1. The zero-order valence-corrected chi connectivity index (χ0v) is 16.5. The van der Waals surface area contributed by atoms with E-state index in [4.69, 9.17) is 0 Å². The van der Waals surface area contributed by atoms with E-state index < -0.39 is 0 Å². The summed E-state index contributed by atoms with van der Waals surface area (Å²) in [5.74, 6) is 0. The van der Waals surface area contributed by atoms with E-state index >= 15 is 0 Å². The van der Waals surface area contributed by atoms with Gasteiger partial charge in [0, 0.05) is 38.6 Å². The van der Waals surface area contributed by atoms with Gasteiger partial charge in [-0.25, -0.2) is 0 Å². The van der Waals surface area contributed by atoms with Gasteiger partial charge in [0.15, 0.2) is 0 Å². The Morgan fingerprint density at radius 1 is 0.571 bits per heavy atom. The Balaban J connectivity index is 1.95. The number of aryl methyl sites for hydroxylation is 2. The van der Waals surface area contributed by atoms with Crippen LogP contribution in [0.2, 0.25) is 0 Å². The average Bonchev–Trinajstić information content (AvgIpc) is 3.24. The Morgan fingerprint density at radius 2 is 1.00 bits per heavy atom. The monoisotopic (exact) mass is 364 g/mol. The van der Waals surface area contributed by atoms with Crippen LogP contribution in [0, 0.1) is 13.8 Å². The van der Waals surface area contributed by atoms with Gasteiger partial charge in [0.05, 0.1) is 0 Å². The molecule has 0 radical (unpaired) electrons. The van der Waals surface area contributed by atoms with Gasteiger partial charge >= 0.3 is 0 Å². The SMILES string of the molecule is Cc1[nH]c2ccccc2c1C(C)(c1ccccc1)c1c(C)[nH]c2ccccc12. The molecule has 138 valence electrons. The number of benzene rings is 3. The molecule has 0 aliphatic heterocycles. The summed E-state index contributed by atoms with van der Waals surface area (Å²) in [4.78, 5) is 7.24. The van der Waals surface area contributed by atoms with Gasteiger partial charge in [-0.05, 0) is 49.6 Å². The van der Waals surface area contributed by atoms with E-state index in [2.05, 4.69) is 110 Å². The number of rotatable bonds is 3. The summed E-state index contributed by atoms with van der Waals surface area (Å²) in [5, 5.41) is 2.58. The first kappa shape index (κ1) is 16.9. The minimum absolute atomic E-state index is 0.283. The minimum atomic E-state index is -0.283. The Hall–Kier alpha value is -3.26. The lowest BCUT2D eigenvalue weighted by atomic mass is 9.69. The molecule has 0 saturated heterocycles. The molecule has 2 heteroatoms. The van der Waals surface area contributed by atoms with Gasteiger partial charge in [-0.15, -0.1) is 0 Å². The number of H-pyrrole nitrogens is 2. The topological polar surface area (TPSA) is 31.6 Å². The molecule has 0 aliphatic rings. The normalized spacial score (nSPS) is 12.1. The van der Waals surface area contributed by atoms with Crippen molar-refractivity contribution in [1.29, 1.82) is 0 Å². The fraction of sp³-hybridized carbons (Fsp3) is 0.154. The first-order valence-electron chi connectivity index (χ1n) is 9.82. The zero-order chi connectivity index (χ0) is 19.3. The molecule has 0 unspecified atom stereocenters. The molecule has 5 rings (SSSR count). The van der Waals surface area contributed by atoms with Crippen molar-refractivity contribution in [3.05, 3.63) is 107 Å². The van der Waals surface area contributed by atoms with Crippen molar-refractivity contribution >= 4 is 21.8 Å². The van der Waals surface area contributed by atoms with E-state index in [0.29, 0.717) is 0 Å². The zero-order valence-electron chi connectivity index (χ0n) is 16.5. The minimum Gasteiger partial charge on any atom is -0.358 e. The van der Waals surface area contributed by atoms with Gasteiger partial charge in [-0.1, -0.05) is 66.7 Å². The second-order valence-electron chi connectivity index (χ2n) is 7.83. The largest absolute Gasteiger partial charge is 0.358 e. The van der Waals surface area contributed by atoms with Crippen LogP contribution in [-0.2, 0) is 5.41 Å². The second kappa shape index (κ2) is 6.13. The molecule has 2 heterocycles. The highest BCUT2D eigenvalue weighted by atomic mass is 14.7. The maximum Gasteiger partial charge on any atom is 0.0470 e. The smallest absolute Gasteiger partial charge is 0.0470 e. The van der Waals surface area contributed by atoms with Crippen LogP contribution in [0.25, 0.3) is 21.8 Å². The van der Waals surface area contributed by atoms with Gasteiger partial charge in [-0.2, -0.15) is 0 Å². The molecule has 28 heavy (non-hydrogen) atoms. The van der Waals surface area contributed by atoms with Crippen LogP contribution >= 0.6 is 0 Å². The van der Waals surface area contributed by atoms with Crippen LogP contribution in [0.4, 0.5) is 0 Å². The molecule has 3 aromatic carbocycles. The summed E-state index contributed by atoms with van der Waals surface area (Å²) in [6.45, 7) is 6.76. The van der Waals surface area contributed by atoms with Gasteiger partial charge < -0.3 is 9.97 Å². The van der Waals surface area contributed by atoms with E-state index in [1.165, 1.54) is 49.9 Å². The summed E-state index contributed by atoms with van der Waals surface area (Å²) in [6.07, 6.45) is 0. The molecule has 5 aromatic rings. The average molecular weight is 364 g/mol. The van der Waals surface area contributed by atoms with Gasteiger partial charge in [0.25, 0.3) is 0 Å². The Bertz CT molecular complexity index is 1210. The molecule has 0 atom stereocenters. The lowest BCUT2D eigenvalue weighted by Crippen LogP contribution is -2.26. The highest BCUT2D eigenvalue weighted by molar-refractivity contribution is 5.92. The molecule has 0 spiro atoms. The third-order valence-electron chi connectivity index (χ3n) is 6.14. The molecule has 0 amide bonds. The Morgan fingerprint density at radius 3 is 1.50 bits per heavy atom. The summed E-state index contributed by atoms with van der Waals surface area (Å²) < 4.78 is 0. The van der Waals surface area contributed by atoms with Crippen LogP contribution in [0.15, 0.2) is 78.9 Å². The van der Waals surface area contributed by atoms with Crippen LogP contribution in [-0.4, -0.2) is 9.97 Å². The summed E-state index contributed by atoms with van der Waals surface area (Å²) in [5.41, 5.74) is 8.54. The van der Waals surface area contributed by atoms with E-state index in [9.17, 15) is 0 Å². The van der Waals surface area contributed by atoms with Gasteiger partial charge in [0.2, 0.25) is 0 Å². The van der Waals surface area contributed by atoms with Crippen LogP contribution < -0.4 is 0 Å². The predicted octanol–water partition coefficient (Wildman–Crippen LogP) is 6.62. The van der Waals surface area contributed by atoms with E-state index in [-0.39, 0.29) is 5.41 Å². The third kappa shape index (κ3) is 2.27. The van der Waals surface area contributed by atoms with Crippen molar-refractivity contribution in [3.8, 4) is 0 Å². The molecule has 0 aliphatic carbocycles. The van der Waals surface area contributed by atoms with E-state index in [1.54, 1.807) is 0 Å². The first-order chi connectivity index (χ1) is 13.6. The van der Waals surface area contributed by atoms with Crippen LogP contribution in [0.1, 0.15) is 35.0 Å². The van der Waals surface area contributed by atoms with Crippen molar-refractivity contribution < 1.29 is 0 Å². The molecule has 0 fully saturated rings. The van der Waals surface area contributed by atoms with Gasteiger partial charge in [-0.3, -0.25) is 0 Å². The van der Waals surface area contributed by atoms with Crippen molar-refractivity contribution in [2.24, 2.45) is 0 Å². The molecule has 0 saturated carbocycles. The van der Waals surface area contributed by atoms with Gasteiger partial charge in [0.1, 0.15) is 0 Å². The third-order valence-corrected chi connectivity index (χ3v) is 6.14. The predicted molar refractivity (Wildman–Crippen MR) is 118 cm³/mol. The second-order valence-corrected chi connectivity index (χ2v) is 7.83. The fourth-order valence-electron chi connectivity index (χ4n) is 5.03. The summed E-state index contributed by atoms with van der Waals surface area (Å²) in [7, 11) is 0. The van der Waals surface area contributed by atoms with Crippen LogP contribution in [0.5, 0.6) is 0 Å². The molecule has 0 bridgehead atoms. The fourth-order valence-corrected chi connectivity index (χ4v) is 5.03. The highest BCUT2D eigenvalue weighted by Crippen LogP contribution is 2.47. The van der Waals surface area contributed by atoms with Crippen molar-refractivity contribution in [2.75, 3.05) is 0 Å². The molecule has 2 nitrogen and oxygen atoms in total. The molecular formula is C26H24N2. The van der Waals surface area contributed by atoms with Crippen molar-refractivity contribution in [1.82, 2.24) is 9.97 Å². The van der Waals surface area contributed by atoms with Crippen molar-refractivity contribution in [3.63, 3.8) is 0 Å². The number of hydrogen-bond donors (Lipinski definition) is 2. The molecular weight excluding hydrogens is 340 g/mol. The quantitative estimate of drug-likeness (QED) is 0.360. The number of fused-ring (bicyclic) bond motifs is 2. The Labute approximate surface area is 165 Å².